The minimum Gasteiger partial charge on any atom is -0.456 e. The van der Waals surface area contributed by atoms with Crippen LogP contribution in [0.1, 0.15) is 22.3 Å². The van der Waals surface area contributed by atoms with Gasteiger partial charge < -0.3 is 13.9 Å². The van der Waals surface area contributed by atoms with Crippen molar-refractivity contribution in [1.82, 2.24) is 4.57 Å². The summed E-state index contributed by atoms with van der Waals surface area (Å²) in [5, 5.41) is 6.97. The van der Waals surface area contributed by atoms with Crippen molar-refractivity contribution in [3.8, 4) is 27.9 Å². The average Bonchev–Trinajstić information content (AvgIpc) is 4.07. The highest BCUT2D eigenvalue weighted by Crippen LogP contribution is 2.57. The zero-order valence-corrected chi connectivity index (χ0v) is 37.1. The summed E-state index contributed by atoms with van der Waals surface area (Å²) in [5.74, 6) is 0. The highest BCUT2D eigenvalue weighted by Gasteiger charge is 2.45. The molecule has 0 saturated carbocycles. The average molecular weight is 867 g/mol. The molecule has 11 aromatic carbocycles. The van der Waals surface area contributed by atoms with Gasteiger partial charge in [0.25, 0.3) is 0 Å². The fraction of sp³-hybridized carbons (Fsp3) is 0.0154. The summed E-state index contributed by atoms with van der Waals surface area (Å²) in [4.78, 5) is 2.47. The lowest BCUT2D eigenvalue weighted by molar-refractivity contribution is 0.669. The molecule has 2 aromatic heterocycles. The molecule has 3 heteroatoms. The molecular formula is C65H42N2O. The number of aromatic nitrogens is 1. The van der Waals surface area contributed by atoms with Crippen LogP contribution in [0, 0.1) is 0 Å². The summed E-state index contributed by atoms with van der Waals surface area (Å²) in [5.41, 5.74) is 17.9. The van der Waals surface area contributed by atoms with E-state index in [4.69, 9.17) is 4.42 Å². The zero-order valence-electron chi connectivity index (χ0n) is 37.1. The number of anilines is 3. The molecule has 13 aromatic rings. The molecule has 0 radical (unpaired) electrons. The largest absolute Gasteiger partial charge is 0.456 e. The van der Waals surface area contributed by atoms with Gasteiger partial charge in [-0.05, 0) is 117 Å². The lowest BCUT2D eigenvalue weighted by Gasteiger charge is -2.34. The zero-order chi connectivity index (χ0) is 44.8. The van der Waals surface area contributed by atoms with Gasteiger partial charge in [-0.25, -0.2) is 0 Å². The summed E-state index contributed by atoms with van der Waals surface area (Å²) in [6.07, 6.45) is 0. The van der Waals surface area contributed by atoms with Crippen molar-refractivity contribution in [2.45, 2.75) is 5.41 Å². The first-order chi connectivity index (χ1) is 33.8. The molecule has 318 valence electrons. The van der Waals surface area contributed by atoms with Crippen LogP contribution < -0.4 is 4.90 Å². The molecule has 0 unspecified atom stereocenters. The van der Waals surface area contributed by atoms with Crippen LogP contribution in [-0.4, -0.2) is 4.57 Å². The molecule has 68 heavy (non-hydrogen) atoms. The molecule has 1 aliphatic carbocycles. The molecule has 0 saturated heterocycles. The minimum absolute atomic E-state index is 0.497. The molecule has 0 aliphatic heterocycles. The van der Waals surface area contributed by atoms with Crippen LogP contribution in [0.3, 0.4) is 0 Å². The first-order valence-corrected chi connectivity index (χ1v) is 23.4. The van der Waals surface area contributed by atoms with Gasteiger partial charge >= 0.3 is 0 Å². The third-order valence-electron chi connectivity index (χ3n) is 14.4. The lowest BCUT2D eigenvalue weighted by Crippen LogP contribution is -2.28. The smallest absolute Gasteiger partial charge is 0.136 e. The van der Waals surface area contributed by atoms with E-state index in [1.165, 1.54) is 60.4 Å². The summed E-state index contributed by atoms with van der Waals surface area (Å²) >= 11 is 0. The second kappa shape index (κ2) is 15.1. The van der Waals surface area contributed by atoms with E-state index < -0.39 is 5.41 Å². The molecule has 0 atom stereocenters. The fourth-order valence-corrected chi connectivity index (χ4v) is 11.6. The maximum atomic E-state index is 6.43. The second-order valence-corrected chi connectivity index (χ2v) is 17.9. The van der Waals surface area contributed by atoms with E-state index in [2.05, 4.69) is 258 Å². The van der Waals surface area contributed by atoms with Crippen LogP contribution in [0.5, 0.6) is 0 Å². The predicted octanol–water partition coefficient (Wildman–Crippen LogP) is 17.3. The third-order valence-corrected chi connectivity index (χ3v) is 14.4. The number of benzene rings is 11. The molecule has 3 nitrogen and oxygen atoms in total. The Morgan fingerprint density at radius 1 is 0.382 bits per heavy atom. The maximum Gasteiger partial charge on any atom is 0.136 e. The molecule has 0 bridgehead atoms. The summed E-state index contributed by atoms with van der Waals surface area (Å²) in [6.45, 7) is 0. The van der Waals surface area contributed by atoms with Crippen molar-refractivity contribution in [2.24, 2.45) is 0 Å². The monoisotopic (exact) mass is 866 g/mol. The van der Waals surface area contributed by atoms with Crippen LogP contribution in [0.25, 0.3) is 82.5 Å². The van der Waals surface area contributed by atoms with E-state index >= 15 is 0 Å². The molecule has 0 fully saturated rings. The Kier molecular flexibility index (Phi) is 8.50. The van der Waals surface area contributed by atoms with E-state index in [0.29, 0.717) is 0 Å². The van der Waals surface area contributed by atoms with Gasteiger partial charge in [0.05, 0.1) is 22.1 Å². The standard InChI is InChI=1S/C65H42N2O/c1-4-20-45(21-5-1)65(56-31-15-12-27-52(56)53-28-13-16-32-57(53)65)46-36-38-49(39-37-46)66(47-22-6-2-7-23-47)59-42-43-19-10-11-26-51(43)64-63(59)55-41-44(35-40-58(55)67(64)48-24-8-3-9-25-48)50-30-18-34-61-62(50)54-29-14-17-33-60(54)68-61/h1-42H. The Hall–Kier alpha value is -8.92. The van der Waals surface area contributed by atoms with Crippen molar-refractivity contribution >= 4 is 71.6 Å². The van der Waals surface area contributed by atoms with Gasteiger partial charge in [-0.1, -0.05) is 188 Å². The summed E-state index contributed by atoms with van der Waals surface area (Å²) in [7, 11) is 0. The van der Waals surface area contributed by atoms with Gasteiger partial charge in [-0.15, -0.1) is 0 Å². The third kappa shape index (κ3) is 5.54. The van der Waals surface area contributed by atoms with Gasteiger partial charge in [0, 0.05) is 44.0 Å². The molecule has 0 amide bonds. The number of hydrogen-bond donors (Lipinski definition) is 0. The Morgan fingerprint density at radius 2 is 0.956 bits per heavy atom. The van der Waals surface area contributed by atoms with Gasteiger partial charge in [0.2, 0.25) is 0 Å². The second-order valence-electron chi connectivity index (χ2n) is 17.9. The van der Waals surface area contributed by atoms with Crippen molar-refractivity contribution in [3.05, 3.63) is 277 Å². The predicted molar refractivity (Wildman–Crippen MR) is 283 cm³/mol. The summed E-state index contributed by atoms with van der Waals surface area (Å²) in [6, 6.07) is 93.2. The topological polar surface area (TPSA) is 21.3 Å². The van der Waals surface area contributed by atoms with Crippen LogP contribution >= 0.6 is 0 Å². The van der Waals surface area contributed by atoms with Crippen LogP contribution in [0.2, 0.25) is 0 Å². The molecular weight excluding hydrogens is 825 g/mol. The number of fused-ring (bicyclic) bond motifs is 11. The van der Waals surface area contributed by atoms with E-state index in [0.717, 1.165) is 61.3 Å². The SMILES string of the molecule is c1ccc(N(c2ccc(C3(c4ccccc4)c4ccccc4-c4ccccc43)cc2)c2cc3ccccc3c3c2c2cc(-c4cccc5oc6ccccc6c45)ccc2n3-c2ccccc2)cc1. The Labute approximate surface area is 394 Å². The Bertz CT molecular complexity index is 4030. The first-order valence-electron chi connectivity index (χ1n) is 23.4. The fourth-order valence-electron chi connectivity index (χ4n) is 11.6. The van der Waals surface area contributed by atoms with Crippen molar-refractivity contribution < 1.29 is 4.42 Å². The van der Waals surface area contributed by atoms with E-state index in [-0.39, 0.29) is 0 Å². The van der Waals surface area contributed by atoms with Crippen molar-refractivity contribution in [3.63, 3.8) is 0 Å². The van der Waals surface area contributed by atoms with Gasteiger partial charge in [0.1, 0.15) is 11.2 Å². The Morgan fingerprint density at radius 3 is 1.71 bits per heavy atom. The number of rotatable bonds is 7. The van der Waals surface area contributed by atoms with E-state index in [1.54, 1.807) is 0 Å². The first kappa shape index (κ1) is 38.4. The highest BCUT2D eigenvalue weighted by molar-refractivity contribution is 6.25. The van der Waals surface area contributed by atoms with Crippen molar-refractivity contribution in [1.29, 1.82) is 0 Å². The van der Waals surface area contributed by atoms with Crippen LogP contribution in [-0.2, 0) is 5.41 Å². The number of hydrogen-bond acceptors (Lipinski definition) is 2. The summed E-state index contributed by atoms with van der Waals surface area (Å²) < 4.78 is 8.90. The van der Waals surface area contributed by atoms with Gasteiger partial charge in [-0.3, -0.25) is 0 Å². The van der Waals surface area contributed by atoms with Gasteiger partial charge in [0.15, 0.2) is 0 Å². The lowest BCUT2D eigenvalue weighted by atomic mass is 9.68. The van der Waals surface area contributed by atoms with Crippen LogP contribution in [0.4, 0.5) is 17.1 Å². The molecule has 0 N–H and O–H groups in total. The molecule has 1 aliphatic rings. The number of furan rings is 1. The quantitative estimate of drug-likeness (QED) is 0.159. The van der Waals surface area contributed by atoms with E-state index in [9.17, 15) is 0 Å². The minimum atomic E-state index is -0.497. The normalized spacial score (nSPS) is 12.8. The molecule has 14 rings (SSSR count). The number of nitrogens with zero attached hydrogens (tertiary/aromatic N) is 2. The number of para-hydroxylation sites is 3. The molecule has 2 heterocycles. The van der Waals surface area contributed by atoms with E-state index in [1.807, 2.05) is 6.07 Å². The van der Waals surface area contributed by atoms with Gasteiger partial charge in [-0.2, -0.15) is 0 Å². The molecule has 0 spiro atoms. The Balaban J connectivity index is 1.06. The maximum absolute atomic E-state index is 6.43. The highest BCUT2D eigenvalue weighted by atomic mass is 16.3. The van der Waals surface area contributed by atoms with Crippen molar-refractivity contribution in [2.75, 3.05) is 4.90 Å². The van der Waals surface area contributed by atoms with Crippen LogP contribution in [0.15, 0.2) is 259 Å².